The second-order valence-electron chi connectivity index (χ2n) is 3.95. The molecule has 1 aromatic rings. The van der Waals surface area contributed by atoms with Crippen LogP contribution in [0.15, 0.2) is 24.3 Å². The number of ether oxygens (including phenoxy) is 2. The van der Waals surface area contributed by atoms with Gasteiger partial charge in [-0.3, -0.25) is 4.79 Å². The average Bonchev–Trinajstić information content (AvgIpc) is 2.40. The van der Waals surface area contributed by atoms with Crippen LogP contribution in [0.25, 0.3) is 0 Å². The third-order valence-electron chi connectivity index (χ3n) is 2.78. The Morgan fingerprint density at radius 2 is 1.89 bits per heavy atom. The monoisotopic (exact) mass is 251 g/mol. The quantitative estimate of drug-likeness (QED) is 0.779. The van der Waals surface area contributed by atoms with Gasteiger partial charge in [0.1, 0.15) is 11.5 Å². The van der Waals surface area contributed by atoms with Crippen LogP contribution in [0, 0.1) is 0 Å². The Morgan fingerprint density at radius 1 is 1.28 bits per heavy atom. The van der Waals surface area contributed by atoms with E-state index in [1.165, 1.54) is 0 Å². The average molecular weight is 251 g/mol. The van der Waals surface area contributed by atoms with Crippen LogP contribution >= 0.6 is 0 Å². The van der Waals surface area contributed by atoms with E-state index in [2.05, 4.69) is 0 Å². The van der Waals surface area contributed by atoms with Crippen molar-refractivity contribution < 1.29 is 14.3 Å². The highest BCUT2D eigenvalue weighted by molar-refractivity contribution is 5.80. The van der Waals surface area contributed by atoms with Crippen LogP contribution < -0.4 is 9.47 Å². The summed E-state index contributed by atoms with van der Waals surface area (Å²) in [7, 11) is 1.60. The number of carbonyl (C=O) groups is 1. The van der Waals surface area contributed by atoms with E-state index < -0.39 is 6.10 Å². The molecule has 0 N–H and O–H groups in total. The van der Waals surface area contributed by atoms with E-state index in [0.29, 0.717) is 18.8 Å². The van der Waals surface area contributed by atoms with Crippen molar-refractivity contribution in [2.45, 2.75) is 26.9 Å². The summed E-state index contributed by atoms with van der Waals surface area (Å²) in [6.45, 7) is 7.07. The maximum Gasteiger partial charge on any atom is 0.263 e. The maximum atomic E-state index is 12.0. The lowest BCUT2D eigenvalue weighted by molar-refractivity contribution is -0.137. The van der Waals surface area contributed by atoms with Gasteiger partial charge in [-0.2, -0.15) is 0 Å². The van der Waals surface area contributed by atoms with E-state index in [1.54, 1.807) is 25.0 Å². The Labute approximate surface area is 108 Å². The molecule has 18 heavy (non-hydrogen) atoms. The lowest BCUT2D eigenvalue weighted by atomic mass is 10.3. The molecular formula is C14H21NO3. The maximum absolute atomic E-state index is 12.0. The fourth-order valence-corrected chi connectivity index (χ4v) is 1.72. The van der Waals surface area contributed by atoms with E-state index in [0.717, 1.165) is 5.75 Å². The summed E-state index contributed by atoms with van der Waals surface area (Å²) in [5, 5.41) is 0. The van der Waals surface area contributed by atoms with Crippen molar-refractivity contribution in [2.24, 2.45) is 0 Å². The number of rotatable bonds is 6. The molecule has 0 aliphatic carbocycles. The standard InChI is InChI=1S/C14H21NO3/c1-5-15(6-2)14(16)11(3)18-13-9-7-8-12(10-13)17-4/h7-11H,5-6H2,1-4H3/t11-/m0/s1. The molecule has 1 aromatic carbocycles. The number of carbonyl (C=O) groups excluding carboxylic acids is 1. The zero-order chi connectivity index (χ0) is 13.5. The molecule has 0 radical (unpaired) electrons. The number of amides is 1. The first kappa shape index (κ1) is 14.4. The van der Waals surface area contributed by atoms with Gasteiger partial charge in [0.25, 0.3) is 5.91 Å². The smallest absolute Gasteiger partial charge is 0.263 e. The van der Waals surface area contributed by atoms with Gasteiger partial charge in [0.2, 0.25) is 0 Å². The minimum absolute atomic E-state index is 0.00261. The summed E-state index contributed by atoms with van der Waals surface area (Å²) < 4.78 is 10.7. The van der Waals surface area contributed by atoms with Crippen molar-refractivity contribution in [3.63, 3.8) is 0 Å². The molecule has 1 atom stereocenters. The van der Waals surface area contributed by atoms with E-state index in [1.807, 2.05) is 32.0 Å². The van der Waals surface area contributed by atoms with Gasteiger partial charge in [-0.1, -0.05) is 6.07 Å². The molecule has 0 saturated carbocycles. The fourth-order valence-electron chi connectivity index (χ4n) is 1.72. The molecule has 0 bridgehead atoms. The third-order valence-corrected chi connectivity index (χ3v) is 2.78. The predicted molar refractivity (Wildman–Crippen MR) is 71.0 cm³/mol. The molecule has 0 aliphatic rings. The van der Waals surface area contributed by atoms with Gasteiger partial charge >= 0.3 is 0 Å². The fraction of sp³-hybridized carbons (Fsp3) is 0.500. The molecule has 0 spiro atoms. The van der Waals surface area contributed by atoms with Gasteiger partial charge in [-0.05, 0) is 32.9 Å². The summed E-state index contributed by atoms with van der Waals surface area (Å²) >= 11 is 0. The van der Waals surface area contributed by atoms with Gasteiger partial charge in [0.15, 0.2) is 6.10 Å². The summed E-state index contributed by atoms with van der Waals surface area (Å²) in [6.07, 6.45) is -0.489. The van der Waals surface area contributed by atoms with Crippen LogP contribution in [0.5, 0.6) is 11.5 Å². The van der Waals surface area contributed by atoms with Crippen LogP contribution in [0.1, 0.15) is 20.8 Å². The van der Waals surface area contributed by atoms with Crippen LogP contribution in [0.2, 0.25) is 0 Å². The van der Waals surface area contributed by atoms with Crippen LogP contribution in [-0.2, 0) is 4.79 Å². The summed E-state index contributed by atoms with van der Waals surface area (Å²) in [5.74, 6) is 1.36. The first-order valence-corrected chi connectivity index (χ1v) is 6.21. The Bertz CT molecular complexity index is 388. The van der Waals surface area contributed by atoms with E-state index >= 15 is 0 Å². The Hall–Kier alpha value is -1.71. The Kier molecular flexibility index (Phi) is 5.49. The zero-order valence-electron chi connectivity index (χ0n) is 11.5. The molecule has 1 amide bonds. The number of benzene rings is 1. The topological polar surface area (TPSA) is 38.8 Å². The Morgan fingerprint density at radius 3 is 2.44 bits per heavy atom. The van der Waals surface area contributed by atoms with E-state index in [-0.39, 0.29) is 5.91 Å². The van der Waals surface area contributed by atoms with Crippen LogP contribution in [0.4, 0.5) is 0 Å². The van der Waals surface area contributed by atoms with E-state index in [4.69, 9.17) is 9.47 Å². The number of hydrogen-bond donors (Lipinski definition) is 0. The summed E-state index contributed by atoms with van der Waals surface area (Å²) in [5.41, 5.74) is 0. The molecule has 0 saturated heterocycles. The van der Waals surface area contributed by atoms with Crippen molar-refractivity contribution in [1.29, 1.82) is 0 Å². The summed E-state index contributed by atoms with van der Waals surface area (Å²) in [4.78, 5) is 13.8. The van der Waals surface area contributed by atoms with Crippen molar-refractivity contribution in [3.8, 4) is 11.5 Å². The number of methoxy groups -OCH3 is 1. The molecule has 100 valence electrons. The van der Waals surface area contributed by atoms with Gasteiger partial charge in [-0.15, -0.1) is 0 Å². The molecule has 0 fully saturated rings. The van der Waals surface area contributed by atoms with Crippen LogP contribution in [0.3, 0.4) is 0 Å². The van der Waals surface area contributed by atoms with Crippen molar-refractivity contribution in [1.82, 2.24) is 4.90 Å². The molecule has 0 aromatic heterocycles. The predicted octanol–water partition coefficient (Wildman–Crippen LogP) is 2.33. The number of likely N-dealkylation sites (N-methyl/N-ethyl adjacent to an activating group) is 1. The minimum Gasteiger partial charge on any atom is -0.497 e. The normalized spacial score (nSPS) is 11.8. The van der Waals surface area contributed by atoms with Crippen molar-refractivity contribution in [2.75, 3.05) is 20.2 Å². The first-order valence-electron chi connectivity index (χ1n) is 6.21. The molecule has 0 heterocycles. The molecule has 0 aliphatic heterocycles. The lowest BCUT2D eigenvalue weighted by Gasteiger charge is -2.23. The molecule has 0 unspecified atom stereocenters. The molecule has 1 rings (SSSR count). The SMILES string of the molecule is CCN(CC)C(=O)[C@H](C)Oc1cccc(OC)c1. The summed E-state index contributed by atoms with van der Waals surface area (Å²) in [6, 6.07) is 7.26. The zero-order valence-corrected chi connectivity index (χ0v) is 11.5. The van der Waals surface area contributed by atoms with Crippen molar-refractivity contribution in [3.05, 3.63) is 24.3 Å². The highest BCUT2D eigenvalue weighted by Crippen LogP contribution is 2.20. The molecule has 4 heteroatoms. The van der Waals surface area contributed by atoms with E-state index in [9.17, 15) is 4.79 Å². The highest BCUT2D eigenvalue weighted by atomic mass is 16.5. The van der Waals surface area contributed by atoms with Crippen LogP contribution in [-0.4, -0.2) is 37.1 Å². The van der Waals surface area contributed by atoms with Gasteiger partial charge in [-0.25, -0.2) is 0 Å². The highest BCUT2D eigenvalue weighted by Gasteiger charge is 2.19. The third kappa shape index (κ3) is 3.65. The number of nitrogens with zero attached hydrogens (tertiary/aromatic N) is 1. The Balaban J connectivity index is 2.68. The second kappa shape index (κ2) is 6.89. The van der Waals surface area contributed by atoms with Crippen molar-refractivity contribution >= 4 is 5.91 Å². The number of hydrogen-bond acceptors (Lipinski definition) is 3. The lowest BCUT2D eigenvalue weighted by Crippen LogP contribution is -2.40. The molecule has 4 nitrogen and oxygen atoms in total. The minimum atomic E-state index is -0.489. The second-order valence-corrected chi connectivity index (χ2v) is 3.95. The molecular weight excluding hydrogens is 230 g/mol. The van der Waals surface area contributed by atoms with Gasteiger partial charge in [0, 0.05) is 19.2 Å². The first-order chi connectivity index (χ1) is 8.62. The van der Waals surface area contributed by atoms with Gasteiger partial charge in [0.05, 0.1) is 7.11 Å². The largest absolute Gasteiger partial charge is 0.497 e. The van der Waals surface area contributed by atoms with Gasteiger partial charge < -0.3 is 14.4 Å².